The first kappa shape index (κ1) is 21.7. The maximum atomic E-state index is 12.6. The average molecular weight is 475 g/mol. The molecule has 0 radical (unpaired) electrons. The molecule has 2 aromatic heterocycles. The number of methoxy groups -OCH3 is 1. The number of thioether (sulfide) groups is 1. The molecule has 8 nitrogen and oxygen atoms in total. The fraction of sp³-hybridized carbons (Fsp3) is 0.250. The first-order chi connectivity index (χ1) is 15.2. The van der Waals surface area contributed by atoms with E-state index in [0.717, 1.165) is 29.2 Å². The molecule has 4 rings (SSSR count). The molecule has 2 heterocycles. The van der Waals surface area contributed by atoms with E-state index in [1.54, 1.807) is 7.11 Å². The third kappa shape index (κ3) is 5.04. The van der Waals surface area contributed by atoms with Gasteiger partial charge in [-0.2, -0.15) is 8.75 Å². The Bertz CT molecular complexity index is 1200. The summed E-state index contributed by atoms with van der Waals surface area (Å²) in [5, 5.41) is 12.8. The van der Waals surface area contributed by atoms with Crippen molar-refractivity contribution in [1.29, 1.82) is 0 Å². The number of nitrogens with zero attached hydrogens (tertiary/aromatic N) is 5. The Morgan fingerprint density at radius 2 is 2.06 bits per heavy atom. The monoisotopic (exact) mass is 474 g/mol. The summed E-state index contributed by atoms with van der Waals surface area (Å²) in [6, 6.07) is 13.0. The Labute approximate surface area is 192 Å². The number of anilines is 1. The maximum absolute atomic E-state index is 12.6. The van der Waals surface area contributed by atoms with Gasteiger partial charge in [-0.15, -0.1) is 10.2 Å². The molecule has 2 aromatic carbocycles. The number of aromatic nitrogens is 5. The van der Waals surface area contributed by atoms with E-state index in [-0.39, 0.29) is 11.7 Å². The number of benzene rings is 2. The molecule has 0 saturated heterocycles. The largest absolute Gasteiger partial charge is 0.385 e. The molecule has 0 aliphatic carbocycles. The molecule has 1 N–H and O–H groups in total. The van der Waals surface area contributed by atoms with Gasteiger partial charge in [0.25, 0.3) is 0 Å². The van der Waals surface area contributed by atoms with Crippen LogP contribution in [0, 0.1) is 0 Å². The van der Waals surface area contributed by atoms with Crippen LogP contribution in [0.25, 0.3) is 22.4 Å². The summed E-state index contributed by atoms with van der Waals surface area (Å²) in [6.45, 7) is 1.26. The molecular weight excluding hydrogens is 456 g/mol. The predicted molar refractivity (Wildman–Crippen MR) is 124 cm³/mol. The Balaban J connectivity index is 1.50. The molecule has 0 spiro atoms. The number of carbonyl (C=O) groups is 1. The number of carbonyl (C=O) groups excluding carboxylic acids is 1. The molecule has 4 aromatic rings. The second-order valence-electron chi connectivity index (χ2n) is 6.56. The lowest BCUT2D eigenvalue weighted by Gasteiger charge is -2.11. The van der Waals surface area contributed by atoms with Crippen LogP contribution in [0.3, 0.4) is 0 Å². The van der Waals surface area contributed by atoms with Crippen molar-refractivity contribution in [2.75, 3.05) is 24.8 Å². The van der Waals surface area contributed by atoms with Crippen LogP contribution in [-0.2, 0) is 16.1 Å². The summed E-state index contributed by atoms with van der Waals surface area (Å²) in [5.74, 6) is 0.693. The topological polar surface area (TPSA) is 94.8 Å². The minimum Gasteiger partial charge on any atom is -0.385 e. The van der Waals surface area contributed by atoms with Crippen molar-refractivity contribution in [2.24, 2.45) is 0 Å². The Hall–Kier alpha value is -2.53. The second-order valence-corrected chi connectivity index (χ2v) is 8.44. The van der Waals surface area contributed by atoms with Crippen LogP contribution in [-0.4, -0.2) is 48.9 Å². The molecule has 11 heteroatoms. The molecular formula is C20H19ClN6O2S2. The smallest absolute Gasteiger partial charge is 0.234 e. The fourth-order valence-corrected chi connectivity index (χ4v) is 4.56. The number of hydrogen-bond donors (Lipinski definition) is 1. The molecule has 160 valence electrons. The number of amides is 1. The lowest BCUT2D eigenvalue weighted by Crippen LogP contribution is -2.15. The van der Waals surface area contributed by atoms with Gasteiger partial charge in [-0.05, 0) is 30.7 Å². The van der Waals surface area contributed by atoms with Crippen molar-refractivity contribution >= 4 is 57.7 Å². The van der Waals surface area contributed by atoms with E-state index in [1.807, 2.05) is 47.0 Å². The number of nitrogens with one attached hydrogen (secondary N) is 1. The molecule has 0 unspecified atom stereocenters. The van der Waals surface area contributed by atoms with Crippen molar-refractivity contribution in [3.63, 3.8) is 0 Å². The van der Waals surface area contributed by atoms with E-state index < -0.39 is 0 Å². The zero-order valence-corrected chi connectivity index (χ0v) is 19.0. The Kier molecular flexibility index (Phi) is 7.13. The van der Waals surface area contributed by atoms with Gasteiger partial charge in [0.15, 0.2) is 11.0 Å². The summed E-state index contributed by atoms with van der Waals surface area (Å²) < 4.78 is 15.6. The van der Waals surface area contributed by atoms with Crippen LogP contribution < -0.4 is 5.32 Å². The lowest BCUT2D eigenvalue weighted by atomic mass is 10.2. The first-order valence-electron chi connectivity index (χ1n) is 9.48. The summed E-state index contributed by atoms with van der Waals surface area (Å²) in [4.78, 5) is 12.6. The van der Waals surface area contributed by atoms with Gasteiger partial charge in [-0.25, -0.2) is 0 Å². The van der Waals surface area contributed by atoms with Crippen LogP contribution in [0.4, 0.5) is 5.69 Å². The third-order valence-electron chi connectivity index (χ3n) is 4.45. The van der Waals surface area contributed by atoms with Crippen LogP contribution in [0.1, 0.15) is 6.42 Å². The number of halogens is 1. The van der Waals surface area contributed by atoms with Gasteiger partial charge in [0, 0.05) is 25.8 Å². The van der Waals surface area contributed by atoms with Crippen molar-refractivity contribution < 1.29 is 9.53 Å². The van der Waals surface area contributed by atoms with Crippen LogP contribution in [0.15, 0.2) is 47.6 Å². The highest BCUT2D eigenvalue weighted by Gasteiger charge is 2.18. The van der Waals surface area contributed by atoms with Gasteiger partial charge in [-0.3, -0.25) is 4.79 Å². The molecule has 1 amide bonds. The summed E-state index contributed by atoms with van der Waals surface area (Å²) >= 11 is 8.81. The zero-order valence-electron chi connectivity index (χ0n) is 16.6. The maximum Gasteiger partial charge on any atom is 0.234 e. The minimum absolute atomic E-state index is 0.156. The van der Waals surface area contributed by atoms with E-state index in [4.69, 9.17) is 16.3 Å². The second kappa shape index (κ2) is 10.2. The first-order valence-corrected chi connectivity index (χ1v) is 11.6. The van der Waals surface area contributed by atoms with E-state index in [0.29, 0.717) is 40.4 Å². The van der Waals surface area contributed by atoms with Crippen molar-refractivity contribution in [3.05, 3.63) is 47.5 Å². The minimum atomic E-state index is -0.156. The lowest BCUT2D eigenvalue weighted by molar-refractivity contribution is -0.113. The number of ether oxygens (including phenoxy) is 1. The highest BCUT2D eigenvalue weighted by atomic mass is 35.5. The predicted octanol–water partition coefficient (Wildman–Crippen LogP) is 4.37. The van der Waals surface area contributed by atoms with E-state index in [2.05, 4.69) is 24.3 Å². The standard InChI is InChI=1S/C20H19ClN6O2S2/c1-29-11-5-10-27-19(13-6-2-3-7-14(13)21)23-24-20(27)30-12-17(28)22-15-8-4-9-16-18(15)26-31-25-16/h2-4,6-9H,5,10-12H2,1H3,(H,22,28). The third-order valence-corrected chi connectivity index (χ3v) is 6.29. The number of fused-ring (bicyclic) bond motifs is 1. The van der Waals surface area contributed by atoms with Gasteiger partial charge in [0.2, 0.25) is 5.91 Å². The highest BCUT2D eigenvalue weighted by molar-refractivity contribution is 7.99. The Morgan fingerprint density at radius 3 is 2.90 bits per heavy atom. The van der Waals surface area contributed by atoms with Crippen molar-refractivity contribution in [3.8, 4) is 11.4 Å². The van der Waals surface area contributed by atoms with Gasteiger partial charge < -0.3 is 14.6 Å². The summed E-state index contributed by atoms with van der Waals surface area (Å²) in [7, 11) is 1.67. The van der Waals surface area contributed by atoms with Crippen molar-refractivity contribution in [2.45, 2.75) is 18.1 Å². The molecule has 0 bridgehead atoms. The van der Waals surface area contributed by atoms with Crippen LogP contribution >= 0.6 is 35.1 Å². The molecule has 0 fully saturated rings. The summed E-state index contributed by atoms with van der Waals surface area (Å²) in [6.07, 6.45) is 0.782. The van der Waals surface area contributed by atoms with Crippen molar-refractivity contribution in [1.82, 2.24) is 23.5 Å². The van der Waals surface area contributed by atoms with Gasteiger partial charge >= 0.3 is 0 Å². The SMILES string of the molecule is COCCCn1c(SCC(=O)Nc2cccc3nsnc23)nnc1-c1ccccc1Cl. The van der Waals surface area contributed by atoms with Gasteiger partial charge in [0.05, 0.1) is 28.2 Å². The van der Waals surface area contributed by atoms with Gasteiger partial charge in [-0.1, -0.05) is 41.6 Å². The molecule has 31 heavy (non-hydrogen) atoms. The van der Waals surface area contributed by atoms with Crippen LogP contribution in [0.2, 0.25) is 5.02 Å². The molecule has 0 aliphatic heterocycles. The van der Waals surface area contributed by atoms with Gasteiger partial charge in [0.1, 0.15) is 11.0 Å². The quantitative estimate of drug-likeness (QED) is 0.284. The number of hydrogen-bond acceptors (Lipinski definition) is 8. The highest BCUT2D eigenvalue weighted by Crippen LogP contribution is 2.30. The number of rotatable bonds is 9. The average Bonchev–Trinajstić information content (AvgIpc) is 3.41. The normalized spacial score (nSPS) is 11.2. The van der Waals surface area contributed by atoms with Crippen LogP contribution in [0.5, 0.6) is 0 Å². The zero-order chi connectivity index (χ0) is 21.6. The fourth-order valence-electron chi connectivity index (χ4n) is 3.03. The molecule has 0 saturated carbocycles. The molecule has 0 aliphatic rings. The van der Waals surface area contributed by atoms with E-state index in [1.165, 1.54) is 11.8 Å². The van der Waals surface area contributed by atoms with E-state index >= 15 is 0 Å². The van der Waals surface area contributed by atoms with E-state index in [9.17, 15) is 4.79 Å². The summed E-state index contributed by atoms with van der Waals surface area (Å²) in [5.41, 5.74) is 2.90. The molecule has 0 atom stereocenters. The Morgan fingerprint density at radius 1 is 1.19 bits per heavy atom.